The number of nitrogens with zero attached hydrogens (tertiary/aromatic N) is 4. The zero-order valence-corrected chi connectivity index (χ0v) is 12.1. The van der Waals surface area contributed by atoms with Crippen molar-refractivity contribution in [1.29, 1.82) is 0 Å². The van der Waals surface area contributed by atoms with E-state index in [1.807, 2.05) is 22.9 Å². The summed E-state index contributed by atoms with van der Waals surface area (Å²) in [5.74, 6) is 6.90. The molecule has 0 saturated carbocycles. The predicted molar refractivity (Wildman–Crippen MR) is 84.7 cm³/mol. The lowest BCUT2D eigenvalue weighted by molar-refractivity contribution is 0.972. The van der Waals surface area contributed by atoms with Crippen LogP contribution in [0.1, 0.15) is 12.5 Å². The van der Waals surface area contributed by atoms with Gasteiger partial charge in [0.15, 0.2) is 17.3 Å². The van der Waals surface area contributed by atoms with Gasteiger partial charge < -0.3 is 14.7 Å². The number of aromatic nitrogens is 3. The Bertz CT molecular complexity index is 764. The van der Waals surface area contributed by atoms with Crippen LogP contribution in [0.4, 0.5) is 17.3 Å². The molecule has 21 heavy (non-hydrogen) atoms. The van der Waals surface area contributed by atoms with Gasteiger partial charge in [-0.1, -0.05) is 12.1 Å². The van der Waals surface area contributed by atoms with Crippen LogP contribution in [0.15, 0.2) is 42.9 Å². The lowest BCUT2D eigenvalue weighted by atomic mass is 10.2. The van der Waals surface area contributed by atoms with Crippen molar-refractivity contribution >= 4 is 23.0 Å². The average molecular weight is 282 g/mol. The molecule has 3 N–H and O–H groups in total. The summed E-state index contributed by atoms with van der Waals surface area (Å²) in [5.41, 5.74) is 5.70. The topological polar surface area (TPSA) is 71.5 Å². The van der Waals surface area contributed by atoms with Gasteiger partial charge in [0.25, 0.3) is 0 Å². The number of nitrogens with two attached hydrogens (primary N) is 1. The molecule has 6 nitrogen and oxygen atoms in total. The van der Waals surface area contributed by atoms with Crippen LogP contribution < -0.4 is 16.2 Å². The highest BCUT2D eigenvalue weighted by molar-refractivity contribution is 5.74. The van der Waals surface area contributed by atoms with E-state index in [1.165, 1.54) is 5.56 Å². The van der Waals surface area contributed by atoms with Gasteiger partial charge in [0.2, 0.25) is 0 Å². The van der Waals surface area contributed by atoms with E-state index in [0.717, 1.165) is 23.7 Å². The molecule has 3 rings (SSSR count). The van der Waals surface area contributed by atoms with Crippen molar-refractivity contribution in [3.05, 3.63) is 48.4 Å². The highest BCUT2D eigenvalue weighted by Gasteiger charge is 2.15. The molecule has 0 aliphatic heterocycles. The minimum atomic E-state index is 0.599. The van der Waals surface area contributed by atoms with Crippen LogP contribution in [0.25, 0.3) is 5.65 Å². The van der Waals surface area contributed by atoms with Crippen molar-refractivity contribution in [3.63, 3.8) is 0 Å². The van der Waals surface area contributed by atoms with Crippen LogP contribution in [-0.4, -0.2) is 20.9 Å². The maximum absolute atomic E-state index is 5.52. The third-order valence-electron chi connectivity index (χ3n) is 3.39. The molecule has 0 fully saturated rings. The van der Waals surface area contributed by atoms with Crippen LogP contribution in [0, 0.1) is 6.92 Å². The minimum absolute atomic E-state index is 0.599. The highest BCUT2D eigenvalue weighted by Crippen LogP contribution is 2.28. The number of anilines is 3. The number of nitrogen functional groups attached to an aromatic ring is 1. The Labute approximate surface area is 123 Å². The van der Waals surface area contributed by atoms with Crippen molar-refractivity contribution in [3.8, 4) is 0 Å². The maximum atomic E-state index is 5.52. The Morgan fingerprint density at radius 1 is 1.38 bits per heavy atom. The standard InChI is InChI=1S/C15H18N6/c1-3-21(12-6-4-5-11(2)9-12)15-14-17-7-8-20(14)10-13(18-15)19-16/h4-10,19H,3,16H2,1-2H3. The van der Waals surface area contributed by atoms with E-state index in [4.69, 9.17) is 5.84 Å². The quantitative estimate of drug-likeness (QED) is 0.568. The molecule has 6 heteroatoms. The van der Waals surface area contributed by atoms with Crippen molar-refractivity contribution < 1.29 is 0 Å². The third kappa shape index (κ3) is 2.41. The van der Waals surface area contributed by atoms with Crippen LogP contribution >= 0.6 is 0 Å². The van der Waals surface area contributed by atoms with Crippen molar-refractivity contribution in [1.82, 2.24) is 14.4 Å². The first kappa shape index (κ1) is 13.4. The molecular formula is C15H18N6. The molecule has 0 spiro atoms. The summed E-state index contributed by atoms with van der Waals surface area (Å²) in [6, 6.07) is 8.32. The van der Waals surface area contributed by atoms with Gasteiger partial charge in [0, 0.05) is 24.6 Å². The summed E-state index contributed by atoms with van der Waals surface area (Å²) in [7, 11) is 0. The fourth-order valence-electron chi connectivity index (χ4n) is 2.42. The van der Waals surface area contributed by atoms with E-state index in [1.54, 1.807) is 6.20 Å². The van der Waals surface area contributed by atoms with Crippen molar-refractivity contribution in [2.45, 2.75) is 13.8 Å². The van der Waals surface area contributed by atoms with E-state index in [-0.39, 0.29) is 0 Å². The molecule has 0 amide bonds. The third-order valence-corrected chi connectivity index (χ3v) is 3.39. The molecule has 1 aromatic carbocycles. The number of aryl methyl sites for hydroxylation is 1. The number of imidazole rings is 1. The van der Waals surface area contributed by atoms with Crippen molar-refractivity contribution in [2.75, 3.05) is 16.9 Å². The van der Waals surface area contributed by atoms with Gasteiger partial charge in [-0.25, -0.2) is 15.8 Å². The van der Waals surface area contributed by atoms with E-state index in [0.29, 0.717) is 5.82 Å². The predicted octanol–water partition coefficient (Wildman–Crippen LogP) is 2.48. The van der Waals surface area contributed by atoms with E-state index in [9.17, 15) is 0 Å². The molecule has 0 unspecified atom stereocenters. The first-order valence-corrected chi connectivity index (χ1v) is 6.87. The van der Waals surface area contributed by atoms with Gasteiger partial charge >= 0.3 is 0 Å². The first-order chi connectivity index (χ1) is 10.2. The summed E-state index contributed by atoms with van der Waals surface area (Å²) < 4.78 is 1.91. The zero-order valence-electron chi connectivity index (χ0n) is 12.1. The van der Waals surface area contributed by atoms with E-state index >= 15 is 0 Å². The molecule has 0 bridgehead atoms. The molecule has 2 heterocycles. The molecule has 0 aliphatic carbocycles. The molecule has 3 aromatic rings. The van der Waals surface area contributed by atoms with Gasteiger partial charge in [-0.2, -0.15) is 0 Å². The second-order valence-corrected chi connectivity index (χ2v) is 4.84. The minimum Gasteiger partial charge on any atom is -0.323 e. The molecule has 108 valence electrons. The Balaban J connectivity index is 2.18. The summed E-state index contributed by atoms with van der Waals surface area (Å²) in [6.45, 7) is 4.95. The lowest BCUT2D eigenvalue weighted by Gasteiger charge is -2.23. The lowest BCUT2D eigenvalue weighted by Crippen LogP contribution is -2.20. The number of benzene rings is 1. The van der Waals surface area contributed by atoms with Gasteiger partial charge in [-0.05, 0) is 31.5 Å². The SMILES string of the molecule is CCN(c1cccc(C)c1)c1nc(NN)cn2ccnc12. The number of hydrogen-bond acceptors (Lipinski definition) is 5. The Morgan fingerprint density at radius 2 is 2.24 bits per heavy atom. The second-order valence-electron chi connectivity index (χ2n) is 4.84. The number of hydrazine groups is 1. The largest absolute Gasteiger partial charge is 0.323 e. The molecule has 0 radical (unpaired) electrons. The van der Waals surface area contributed by atoms with Crippen LogP contribution in [-0.2, 0) is 0 Å². The van der Waals surface area contributed by atoms with Crippen LogP contribution in [0.2, 0.25) is 0 Å². The van der Waals surface area contributed by atoms with Crippen LogP contribution in [0.5, 0.6) is 0 Å². The molecule has 2 aromatic heterocycles. The van der Waals surface area contributed by atoms with Crippen LogP contribution in [0.3, 0.4) is 0 Å². The number of rotatable bonds is 4. The molecule has 0 aliphatic rings. The number of hydrogen-bond donors (Lipinski definition) is 2. The molecule has 0 atom stereocenters. The Kier molecular flexibility index (Phi) is 3.45. The monoisotopic (exact) mass is 282 g/mol. The first-order valence-electron chi connectivity index (χ1n) is 6.87. The van der Waals surface area contributed by atoms with Crippen molar-refractivity contribution in [2.24, 2.45) is 5.84 Å². The average Bonchev–Trinajstić information content (AvgIpc) is 2.96. The Morgan fingerprint density at radius 3 is 2.95 bits per heavy atom. The maximum Gasteiger partial charge on any atom is 0.180 e. The molecule has 0 saturated heterocycles. The smallest absolute Gasteiger partial charge is 0.180 e. The van der Waals surface area contributed by atoms with Gasteiger partial charge in [0.05, 0.1) is 6.20 Å². The normalized spacial score (nSPS) is 10.8. The summed E-state index contributed by atoms with van der Waals surface area (Å²) in [6.07, 6.45) is 5.45. The number of fused-ring (bicyclic) bond motifs is 1. The second kappa shape index (κ2) is 5.41. The van der Waals surface area contributed by atoms with Gasteiger partial charge in [0.1, 0.15) is 0 Å². The number of nitrogens with one attached hydrogen (secondary N) is 1. The fraction of sp³-hybridized carbons (Fsp3) is 0.200. The molecular weight excluding hydrogens is 264 g/mol. The Hall–Kier alpha value is -2.60. The van der Waals surface area contributed by atoms with Gasteiger partial charge in [-0.3, -0.25) is 0 Å². The highest BCUT2D eigenvalue weighted by atomic mass is 15.3. The van der Waals surface area contributed by atoms with E-state index in [2.05, 4.69) is 52.3 Å². The summed E-state index contributed by atoms with van der Waals surface area (Å²) in [4.78, 5) is 11.1. The summed E-state index contributed by atoms with van der Waals surface area (Å²) >= 11 is 0. The zero-order chi connectivity index (χ0) is 14.8. The fourth-order valence-corrected chi connectivity index (χ4v) is 2.42. The van der Waals surface area contributed by atoms with E-state index < -0.39 is 0 Å². The van der Waals surface area contributed by atoms with Gasteiger partial charge in [-0.15, -0.1) is 0 Å². The summed E-state index contributed by atoms with van der Waals surface area (Å²) in [5, 5.41) is 0.